The average Bonchev–Trinajstić information content (AvgIpc) is 3.16. The molecule has 8 heteroatoms. The second-order valence-electron chi connectivity index (χ2n) is 9.55. The van der Waals surface area contributed by atoms with Crippen molar-refractivity contribution in [2.75, 3.05) is 0 Å². The minimum absolute atomic E-state index is 0.0823. The fourth-order valence-electron chi connectivity index (χ4n) is 4.50. The van der Waals surface area contributed by atoms with Gasteiger partial charge in [0, 0.05) is 35.9 Å². The van der Waals surface area contributed by atoms with Gasteiger partial charge < -0.3 is 0 Å². The second-order valence-corrected chi connectivity index (χ2v) is 9.55. The van der Waals surface area contributed by atoms with Crippen molar-refractivity contribution in [2.24, 2.45) is 5.41 Å². The number of pyridine rings is 1. The smallest absolute Gasteiger partial charge is 0.295 e. The van der Waals surface area contributed by atoms with E-state index in [1.165, 1.54) is 0 Å². The maximum atomic E-state index is 13.4. The number of unbranched alkanes of at least 4 members (excludes halogenated alkanes) is 1. The Labute approximate surface area is 192 Å². The van der Waals surface area contributed by atoms with E-state index in [0.29, 0.717) is 12.4 Å². The van der Waals surface area contributed by atoms with Crippen LogP contribution < -0.4 is 5.69 Å². The Bertz CT molecular complexity index is 1300. The molecule has 1 saturated carbocycles. The van der Waals surface area contributed by atoms with Gasteiger partial charge in [0.2, 0.25) is 5.82 Å². The van der Waals surface area contributed by atoms with Gasteiger partial charge >= 0.3 is 5.69 Å². The van der Waals surface area contributed by atoms with Crippen molar-refractivity contribution in [1.82, 2.24) is 34.7 Å². The summed E-state index contributed by atoms with van der Waals surface area (Å²) in [6, 6.07) is 10.4. The van der Waals surface area contributed by atoms with Crippen LogP contribution in [0.1, 0.15) is 57.3 Å². The van der Waals surface area contributed by atoms with Gasteiger partial charge in [-0.3, -0.25) is 14.1 Å². The number of hydrogen-bond acceptors (Lipinski definition) is 5. The third kappa shape index (κ3) is 4.13. The quantitative estimate of drug-likeness (QED) is 0.439. The summed E-state index contributed by atoms with van der Waals surface area (Å²) in [6.07, 6.45) is 9.87. The van der Waals surface area contributed by atoms with E-state index in [0.717, 1.165) is 53.6 Å². The zero-order chi connectivity index (χ0) is 23.0. The minimum Gasteiger partial charge on any atom is -0.295 e. The Morgan fingerprint density at radius 1 is 1.15 bits per heavy atom. The molecule has 1 unspecified atom stereocenters. The standard InChI is InChI=1S/C25H29N7O/c1-4-5-6-20-16-32(22-13-25(22,2)3)24(33)31(20)15-19-14-26-12-11-21(19)17-7-9-18(10-8-17)23-27-29-30-28-23/h7-12,14,16,22H,4-6,13,15H2,1-3H3,(H,27,28,29,30). The number of nitrogens with zero attached hydrogens (tertiary/aromatic N) is 6. The highest BCUT2D eigenvalue weighted by Crippen LogP contribution is 2.54. The summed E-state index contributed by atoms with van der Waals surface area (Å²) in [6.45, 7) is 7.14. The lowest BCUT2D eigenvalue weighted by atomic mass is 10.00. The zero-order valence-electron chi connectivity index (χ0n) is 19.3. The Morgan fingerprint density at radius 3 is 2.58 bits per heavy atom. The van der Waals surface area contributed by atoms with E-state index in [9.17, 15) is 4.79 Å². The predicted molar refractivity (Wildman–Crippen MR) is 127 cm³/mol. The van der Waals surface area contributed by atoms with Gasteiger partial charge in [0.1, 0.15) is 0 Å². The fraction of sp³-hybridized carbons (Fsp3) is 0.400. The number of imidazole rings is 1. The number of aryl methyl sites for hydroxylation is 1. The van der Waals surface area contributed by atoms with Crippen molar-refractivity contribution in [2.45, 2.75) is 59.0 Å². The van der Waals surface area contributed by atoms with Crippen LogP contribution in [0.5, 0.6) is 0 Å². The molecule has 5 rings (SSSR count). The monoisotopic (exact) mass is 443 g/mol. The van der Waals surface area contributed by atoms with Crippen LogP contribution >= 0.6 is 0 Å². The number of H-pyrrole nitrogens is 1. The zero-order valence-corrected chi connectivity index (χ0v) is 19.3. The van der Waals surface area contributed by atoms with Gasteiger partial charge in [0.05, 0.1) is 6.54 Å². The van der Waals surface area contributed by atoms with Crippen LogP contribution in [0.2, 0.25) is 0 Å². The predicted octanol–water partition coefficient (Wildman–Crippen LogP) is 4.25. The Morgan fingerprint density at radius 2 is 1.91 bits per heavy atom. The molecule has 0 aliphatic heterocycles. The summed E-state index contributed by atoms with van der Waals surface area (Å²) >= 11 is 0. The van der Waals surface area contributed by atoms with Crippen molar-refractivity contribution in [3.63, 3.8) is 0 Å². The number of aromatic amines is 1. The molecule has 8 nitrogen and oxygen atoms in total. The van der Waals surface area contributed by atoms with Gasteiger partial charge in [0.15, 0.2) is 0 Å². The van der Waals surface area contributed by atoms with E-state index in [-0.39, 0.29) is 17.1 Å². The SMILES string of the molecule is CCCCc1cn(C2CC2(C)C)c(=O)n1Cc1cnccc1-c1ccc(-c2nn[nH]n2)cc1. The Hall–Kier alpha value is -3.55. The topological polar surface area (TPSA) is 94.3 Å². The molecule has 0 saturated heterocycles. The summed E-state index contributed by atoms with van der Waals surface area (Å²) in [5.74, 6) is 0.563. The highest BCUT2D eigenvalue weighted by molar-refractivity contribution is 5.69. The van der Waals surface area contributed by atoms with Gasteiger partial charge in [0.25, 0.3) is 0 Å². The molecule has 0 spiro atoms. The first-order valence-corrected chi connectivity index (χ1v) is 11.6. The van der Waals surface area contributed by atoms with Crippen LogP contribution in [0.25, 0.3) is 22.5 Å². The summed E-state index contributed by atoms with van der Waals surface area (Å²) in [5.41, 5.74) is 5.43. The maximum absolute atomic E-state index is 13.4. The molecule has 1 aliphatic rings. The van der Waals surface area contributed by atoms with E-state index in [1.807, 2.05) is 45.7 Å². The normalized spacial score (nSPS) is 16.8. The van der Waals surface area contributed by atoms with Gasteiger partial charge in [-0.25, -0.2) is 4.79 Å². The van der Waals surface area contributed by atoms with Crippen LogP contribution in [0.15, 0.2) is 53.7 Å². The molecule has 1 aromatic carbocycles. The van der Waals surface area contributed by atoms with Crippen molar-refractivity contribution >= 4 is 0 Å². The second kappa shape index (κ2) is 8.42. The number of rotatable bonds is 8. The third-order valence-corrected chi connectivity index (χ3v) is 6.70. The van der Waals surface area contributed by atoms with Crippen LogP contribution in [-0.4, -0.2) is 34.7 Å². The number of hydrogen-bond donors (Lipinski definition) is 1. The van der Waals surface area contributed by atoms with Crippen molar-refractivity contribution in [1.29, 1.82) is 0 Å². The molecule has 33 heavy (non-hydrogen) atoms. The molecule has 0 amide bonds. The molecule has 4 aromatic rings. The minimum atomic E-state index is 0.0823. The first-order valence-electron chi connectivity index (χ1n) is 11.6. The Balaban J connectivity index is 1.49. The molecule has 1 fully saturated rings. The highest BCUT2D eigenvalue weighted by Gasteiger charge is 2.48. The van der Waals surface area contributed by atoms with E-state index < -0.39 is 0 Å². The summed E-state index contributed by atoms with van der Waals surface area (Å²) in [4.78, 5) is 17.8. The molecular weight excluding hydrogens is 414 g/mol. The summed E-state index contributed by atoms with van der Waals surface area (Å²) < 4.78 is 3.90. The Kier molecular flexibility index (Phi) is 5.44. The number of aromatic nitrogens is 7. The van der Waals surface area contributed by atoms with Gasteiger partial charge in [-0.05, 0) is 52.6 Å². The van der Waals surface area contributed by atoms with E-state index in [2.05, 4.69) is 52.6 Å². The largest absolute Gasteiger partial charge is 0.328 e. The fourth-order valence-corrected chi connectivity index (χ4v) is 4.50. The number of benzene rings is 1. The molecule has 3 aromatic heterocycles. The molecule has 0 bridgehead atoms. The van der Waals surface area contributed by atoms with Crippen molar-refractivity contribution in [3.05, 3.63) is 70.7 Å². The number of nitrogens with one attached hydrogen (secondary N) is 1. The van der Waals surface area contributed by atoms with Crippen LogP contribution in [0, 0.1) is 5.41 Å². The molecule has 170 valence electrons. The maximum Gasteiger partial charge on any atom is 0.328 e. The van der Waals surface area contributed by atoms with E-state index in [1.54, 1.807) is 6.20 Å². The average molecular weight is 444 g/mol. The molecule has 1 atom stereocenters. The summed E-state index contributed by atoms with van der Waals surface area (Å²) in [5, 5.41) is 14.2. The molecule has 3 heterocycles. The molecular formula is C25H29N7O. The number of tetrazole rings is 1. The molecule has 1 N–H and O–H groups in total. The third-order valence-electron chi connectivity index (χ3n) is 6.70. The first-order chi connectivity index (χ1) is 16.0. The lowest BCUT2D eigenvalue weighted by Crippen LogP contribution is -2.26. The molecule has 0 radical (unpaired) electrons. The van der Waals surface area contributed by atoms with E-state index in [4.69, 9.17) is 0 Å². The lowest BCUT2D eigenvalue weighted by molar-refractivity contribution is 0.523. The van der Waals surface area contributed by atoms with Crippen molar-refractivity contribution < 1.29 is 0 Å². The van der Waals surface area contributed by atoms with Gasteiger partial charge in [-0.2, -0.15) is 5.21 Å². The lowest BCUT2D eigenvalue weighted by Gasteiger charge is -2.12. The highest BCUT2D eigenvalue weighted by atomic mass is 16.1. The van der Waals surface area contributed by atoms with Gasteiger partial charge in [-0.15, -0.1) is 10.2 Å². The summed E-state index contributed by atoms with van der Waals surface area (Å²) in [7, 11) is 0. The first kappa shape index (κ1) is 21.3. The van der Waals surface area contributed by atoms with E-state index >= 15 is 0 Å². The van der Waals surface area contributed by atoms with Crippen molar-refractivity contribution in [3.8, 4) is 22.5 Å². The molecule has 1 aliphatic carbocycles. The van der Waals surface area contributed by atoms with Gasteiger partial charge in [-0.1, -0.05) is 51.5 Å². The van der Waals surface area contributed by atoms with Crippen LogP contribution in [0.4, 0.5) is 0 Å². The van der Waals surface area contributed by atoms with Crippen LogP contribution in [-0.2, 0) is 13.0 Å². The van der Waals surface area contributed by atoms with Crippen LogP contribution in [0.3, 0.4) is 0 Å².